The fourth-order valence-electron chi connectivity index (χ4n) is 14.6. The van der Waals surface area contributed by atoms with E-state index in [9.17, 15) is 25.2 Å². The quantitative estimate of drug-likeness (QED) is 0.198. The van der Waals surface area contributed by atoms with Gasteiger partial charge in [-0.1, -0.05) is 34.6 Å². The lowest BCUT2D eigenvalue weighted by atomic mass is 9.41. The van der Waals surface area contributed by atoms with Gasteiger partial charge in [0.15, 0.2) is 12.6 Å². The van der Waals surface area contributed by atoms with E-state index in [0.717, 1.165) is 44.9 Å². The minimum atomic E-state index is -1.31. The van der Waals surface area contributed by atoms with Crippen LogP contribution < -0.4 is 0 Å². The van der Waals surface area contributed by atoms with Crippen LogP contribution in [0.25, 0.3) is 0 Å². The number of ether oxygens (including phenoxy) is 6. The van der Waals surface area contributed by atoms with E-state index in [4.69, 9.17) is 28.4 Å². The lowest BCUT2D eigenvalue weighted by Crippen LogP contribution is -2.64. The zero-order chi connectivity index (χ0) is 34.2. The number of fused-ring (bicyclic) bond motifs is 6. The van der Waals surface area contributed by atoms with Gasteiger partial charge in [-0.25, -0.2) is 0 Å². The average molecular weight is 677 g/mol. The highest BCUT2D eigenvalue weighted by atomic mass is 16.8. The number of aliphatic hydroxyl groups is 4. The molecule has 9 fully saturated rings. The summed E-state index contributed by atoms with van der Waals surface area (Å²) in [7, 11) is 0. The maximum Gasteiger partial charge on any atom is 0.302 e. The Morgan fingerprint density at radius 1 is 0.833 bits per heavy atom. The predicted molar refractivity (Wildman–Crippen MR) is 168 cm³/mol. The summed E-state index contributed by atoms with van der Waals surface area (Å²) in [5.41, 5.74) is -1.23. The number of epoxide rings is 1. The second-order valence-corrected chi connectivity index (χ2v) is 18.9. The van der Waals surface area contributed by atoms with Gasteiger partial charge in [-0.2, -0.15) is 0 Å². The first kappa shape index (κ1) is 33.0. The maximum absolute atomic E-state index is 12.9. The molecule has 4 heterocycles. The smallest absolute Gasteiger partial charge is 0.302 e. The number of rotatable bonds is 3. The monoisotopic (exact) mass is 676 g/mol. The molecule has 7 unspecified atom stereocenters. The first-order valence-corrected chi connectivity index (χ1v) is 18.6. The molecule has 4 aliphatic heterocycles. The van der Waals surface area contributed by atoms with Gasteiger partial charge in [0.25, 0.3) is 0 Å². The molecule has 0 aromatic rings. The molecule has 0 bridgehead atoms. The van der Waals surface area contributed by atoms with Crippen molar-refractivity contribution in [3.8, 4) is 0 Å². The highest BCUT2D eigenvalue weighted by molar-refractivity contribution is 5.66. The van der Waals surface area contributed by atoms with Crippen LogP contribution >= 0.6 is 0 Å². The van der Waals surface area contributed by atoms with Crippen LogP contribution in [0.15, 0.2) is 0 Å². The third-order valence-corrected chi connectivity index (χ3v) is 16.8. The first-order chi connectivity index (χ1) is 22.4. The summed E-state index contributed by atoms with van der Waals surface area (Å²) >= 11 is 0. The van der Waals surface area contributed by atoms with E-state index in [1.807, 2.05) is 6.92 Å². The molecule has 9 aliphatic rings. The molecule has 3 spiro atoms. The molecule has 9 rings (SSSR count). The van der Waals surface area contributed by atoms with Crippen molar-refractivity contribution >= 4 is 5.97 Å². The maximum atomic E-state index is 12.9. The Kier molecular flexibility index (Phi) is 6.70. The molecular weight excluding hydrogens is 620 g/mol. The third kappa shape index (κ3) is 3.74. The van der Waals surface area contributed by atoms with Crippen LogP contribution in [0.5, 0.6) is 0 Å². The fourth-order valence-corrected chi connectivity index (χ4v) is 14.6. The van der Waals surface area contributed by atoms with Crippen molar-refractivity contribution < 1.29 is 53.6 Å². The average Bonchev–Trinajstić information content (AvgIpc) is 3.84. The highest BCUT2D eigenvalue weighted by Crippen LogP contribution is 2.89. The molecule has 5 saturated carbocycles. The van der Waals surface area contributed by atoms with Gasteiger partial charge in [0, 0.05) is 18.8 Å². The fraction of sp³-hybridized carbons (Fsp3) is 0.973. The summed E-state index contributed by atoms with van der Waals surface area (Å²) in [4.78, 5) is 12.9. The minimum Gasteiger partial charge on any atom is -0.462 e. The Morgan fingerprint density at radius 2 is 1.56 bits per heavy atom. The molecule has 0 aromatic carbocycles. The van der Waals surface area contributed by atoms with E-state index >= 15 is 0 Å². The Balaban J connectivity index is 1.03. The summed E-state index contributed by atoms with van der Waals surface area (Å²) in [6.45, 7) is 15.1. The van der Waals surface area contributed by atoms with Crippen molar-refractivity contribution in [3.63, 3.8) is 0 Å². The van der Waals surface area contributed by atoms with Gasteiger partial charge < -0.3 is 48.8 Å². The molecule has 0 amide bonds. The molecule has 0 radical (unpaired) electrons. The van der Waals surface area contributed by atoms with Gasteiger partial charge in [-0.3, -0.25) is 4.79 Å². The van der Waals surface area contributed by atoms with Crippen molar-refractivity contribution in [1.29, 1.82) is 0 Å². The topological polar surface area (TPSA) is 157 Å². The SMILES string of the molecule is CC(=O)O[C@@H]1C[C@@]23C[C@@]24CC[C@H](O[C@@H]2OC[C@@H](O)C(O)C2O)C(C)(C)[C@@H]4CC[C@H]3[C@]2(C)CC3OC4(C[C@@H](C)[C@@H]3[C@@]12C)OC(O)C1(C)OC41. The van der Waals surface area contributed by atoms with Crippen LogP contribution in [-0.4, -0.2) is 99.7 Å². The zero-order valence-corrected chi connectivity index (χ0v) is 29.5. The molecule has 48 heavy (non-hydrogen) atoms. The number of carbonyl (C=O) groups excluding carboxylic acids is 1. The van der Waals surface area contributed by atoms with Crippen molar-refractivity contribution in [2.45, 2.75) is 167 Å². The molecule has 4 saturated heterocycles. The van der Waals surface area contributed by atoms with E-state index in [0.29, 0.717) is 18.3 Å². The van der Waals surface area contributed by atoms with Gasteiger partial charge in [-0.15, -0.1) is 0 Å². The second kappa shape index (κ2) is 9.75. The third-order valence-electron chi connectivity index (χ3n) is 16.8. The standard InChI is InChI=1S/C37H56O11/c1-17-12-37(29-34(7,47-29)30(42)48-37)46-20-13-32(5)22-9-8-21-31(3,4)23(45-28-27(41)26(40)19(39)15-43-28)10-11-35(21)16-36(22,35)14-24(44-18(2)38)33(32,6)25(17)20/h17,19-30,39-42H,8-16H2,1-7H3/t17-,19-,20?,21+,22+,23+,24-,25+,26?,27?,28+,29?,30?,32+,33-,34?,35-,36+,37?/m1/s1. The van der Waals surface area contributed by atoms with E-state index in [1.165, 1.54) is 0 Å². The molecular formula is C37H56O11. The lowest BCUT2D eigenvalue weighted by molar-refractivity contribution is -0.346. The Bertz CT molecular complexity index is 1390. The molecule has 19 atom stereocenters. The Hall–Kier alpha value is -0.890. The van der Waals surface area contributed by atoms with Crippen LogP contribution in [0, 0.1) is 50.7 Å². The Morgan fingerprint density at radius 3 is 2.23 bits per heavy atom. The highest BCUT2D eigenvalue weighted by Gasteiger charge is 2.87. The largest absolute Gasteiger partial charge is 0.462 e. The minimum absolute atomic E-state index is 0.0420. The molecule has 270 valence electrons. The summed E-state index contributed by atoms with van der Waals surface area (Å²) in [6.07, 6.45) is 0.880. The van der Waals surface area contributed by atoms with E-state index in [1.54, 1.807) is 6.92 Å². The van der Waals surface area contributed by atoms with Gasteiger partial charge in [0.05, 0.1) is 18.8 Å². The summed E-state index contributed by atoms with van der Waals surface area (Å²) < 4.78 is 37.9. The number of esters is 1. The second-order valence-electron chi connectivity index (χ2n) is 18.9. The Labute approximate surface area is 283 Å². The number of carbonyl (C=O) groups is 1. The lowest BCUT2D eigenvalue weighted by Gasteiger charge is -2.65. The number of hydrogen-bond donors (Lipinski definition) is 4. The van der Waals surface area contributed by atoms with Gasteiger partial charge >= 0.3 is 5.97 Å². The van der Waals surface area contributed by atoms with Crippen LogP contribution in [0.2, 0.25) is 0 Å². The molecule has 4 N–H and O–H groups in total. The first-order valence-electron chi connectivity index (χ1n) is 18.6. The van der Waals surface area contributed by atoms with Crippen LogP contribution in [-0.2, 0) is 33.2 Å². The van der Waals surface area contributed by atoms with Crippen LogP contribution in [0.1, 0.15) is 99.8 Å². The molecule has 11 nitrogen and oxygen atoms in total. The number of hydrogen-bond acceptors (Lipinski definition) is 11. The van der Waals surface area contributed by atoms with Gasteiger partial charge in [0.1, 0.15) is 36.1 Å². The van der Waals surface area contributed by atoms with Crippen molar-refractivity contribution in [2.75, 3.05) is 6.61 Å². The van der Waals surface area contributed by atoms with E-state index in [2.05, 4.69) is 34.6 Å². The van der Waals surface area contributed by atoms with Crippen molar-refractivity contribution in [3.05, 3.63) is 0 Å². The normalized spacial score (nSPS) is 63.3. The number of aliphatic hydroxyl groups excluding tert-OH is 4. The molecule has 5 aliphatic carbocycles. The van der Waals surface area contributed by atoms with Gasteiger partial charge in [0.2, 0.25) is 5.79 Å². The zero-order valence-electron chi connectivity index (χ0n) is 29.5. The van der Waals surface area contributed by atoms with Crippen molar-refractivity contribution in [1.82, 2.24) is 0 Å². The molecule has 11 heteroatoms. The van der Waals surface area contributed by atoms with Crippen LogP contribution in [0.4, 0.5) is 0 Å². The predicted octanol–water partition coefficient (Wildman–Crippen LogP) is 3.03. The van der Waals surface area contributed by atoms with Crippen molar-refractivity contribution in [2.24, 2.45) is 50.7 Å². The summed E-state index contributed by atoms with van der Waals surface area (Å²) in [6, 6.07) is 0. The molecule has 0 aromatic heterocycles. The van der Waals surface area contributed by atoms with Crippen LogP contribution in [0.3, 0.4) is 0 Å². The summed E-state index contributed by atoms with van der Waals surface area (Å²) in [5, 5.41) is 41.7. The van der Waals surface area contributed by atoms with Gasteiger partial charge in [-0.05, 0) is 97.2 Å². The summed E-state index contributed by atoms with van der Waals surface area (Å²) in [5.74, 6) is 0.0295. The van der Waals surface area contributed by atoms with E-state index < -0.39 is 42.3 Å². The van der Waals surface area contributed by atoms with E-state index in [-0.39, 0.29) is 75.9 Å².